The molecule has 1 N–H and O–H groups in total. The summed E-state index contributed by atoms with van der Waals surface area (Å²) in [5.74, 6) is 0.748. The van der Waals surface area contributed by atoms with E-state index in [0.29, 0.717) is 17.2 Å². The molecule has 0 heterocycles. The zero-order chi connectivity index (χ0) is 12.4. The molecule has 1 saturated carbocycles. The SMILES string of the molecule is COc1ccc(C(O)C2CCCC2C)c(F)c1. The molecule has 3 unspecified atom stereocenters. The molecule has 1 aliphatic carbocycles. The molecule has 1 fully saturated rings. The van der Waals surface area contributed by atoms with Crippen LogP contribution in [0.3, 0.4) is 0 Å². The predicted octanol–water partition coefficient (Wildman–Crippen LogP) is 3.30. The highest BCUT2D eigenvalue weighted by Gasteiger charge is 2.31. The fraction of sp³-hybridized carbons (Fsp3) is 0.571. The molecule has 3 atom stereocenters. The van der Waals surface area contributed by atoms with Crippen molar-refractivity contribution >= 4 is 0 Å². The van der Waals surface area contributed by atoms with Crippen molar-refractivity contribution in [2.45, 2.75) is 32.3 Å². The van der Waals surface area contributed by atoms with Gasteiger partial charge in [-0.05, 0) is 30.4 Å². The molecule has 94 valence electrons. The molecule has 0 aliphatic heterocycles. The Hall–Kier alpha value is -1.09. The second-order valence-electron chi connectivity index (χ2n) is 4.90. The molecular weight excluding hydrogens is 219 g/mol. The summed E-state index contributed by atoms with van der Waals surface area (Å²) in [5.41, 5.74) is 0.393. The van der Waals surface area contributed by atoms with Crippen molar-refractivity contribution in [1.82, 2.24) is 0 Å². The number of halogens is 1. The van der Waals surface area contributed by atoms with Crippen molar-refractivity contribution in [1.29, 1.82) is 0 Å². The molecule has 0 saturated heterocycles. The second kappa shape index (κ2) is 5.05. The lowest BCUT2D eigenvalue weighted by Gasteiger charge is -2.23. The van der Waals surface area contributed by atoms with Crippen molar-refractivity contribution in [3.63, 3.8) is 0 Å². The van der Waals surface area contributed by atoms with Crippen LogP contribution in [-0.4, -0.2) is 12.2 Å². The van der Waals surface area contributed by atoms with Crippen LogP contribution >= 0.6 is 0 Å². The Morgan fingerprint density at radius 3 is 2.71 bits per heavy atom. The monoisotopic (exact) mass is 238 g/mol. The van der Waals surface area contributed by atoms with Gasteiger partial charge in [0.2, 0.25) is 0 Å². The highest BCUT2D eigenvalue weighted by atomic mass is 19.1. The quantitative estimate of drug-likeness (QED) is 0.875. The zero-order valence-corrected chi connectivity index (χ0v) is 10.3. The van der Waals surface area contributed by atoms with Gasteiger partial charge < -0.3 is 9.84 Å². The first-order valence-corrected chi connectivity index (χ1v) is 6.15. The van der Waals surface area contributed by atoms with Gasteiger partial charge in [-0.15, -0.1) is 0 Å². The lowest BCUT2D eigenvalue weighted by atomic mass is 9.88. The van der Waals surface area contributed by atoms with Gasteiger partial charge in [-0.2, -0.15) is 0 Å². The van der Waals surface area contributed by atoms with Crippen molar-refractivity contribution in [2.24, 2.45) is 11.8 Å². The Morgan fingerprint density at radius 1 is 1.41 bits per heavy atom. The average Bonchev–Trinajstić information content (AvgIpc) is 2.74. The molecule has 1 aliphatic rings. The molecular formula is C14H19FO2. The van der Waals surface area contributed by atoms with Gasteiger partial charge in [0.15, 0.2) is 0 Å². The number of aliphatic hydroxyl groups is 1. The summed E-state index contributed by atoms with van der Waals surface area (Å²) < 4.78 is 18.8. The topological polar surface area (TPSA) is 29.5 Å². The smallest absolute Gasteiger partial charge is 0.132 e. The van der Waals surface area contributed by atoms with Crippen molar-refractivity contribution in [2.75, 3.05) is 7.11 Å². The third-order valence-corrected chi connectivity index (χ3v) is 3.86. The first-order chi connectivity index (χ1) is 8.13. The summed E-state index contributed by atoms with van der Waals surface area (Å²) in [6.45, 7) is 2.13. The standard InChI is InChI=1S/C14H19FO2/c1-9-4-3-5-11(9)14(16)12-7-6-10(17-2)8-13(12)15/h6-9,11,14,16H,3-5H2,1-2H3. The van der Waals surface area contributed by atoms with E-state index in [4.69, 9.17) is 4.74 Å². The normalized spacial score (nSPS) is 25.9. The molecule has 3 heteroatoms. The second-order valence-corrected chi connectivity index (χ2v) is 4.90. The first-order valence-electron chi connectivity index (χ1n) is 6.15. The van der Waals surface area contributed by atoms with Gasteiger partial charge in [-0.1, -0.05) is 19.8 Å². The van der Waals surface area contributed by atoms with Gasteiger partial charge in [0, 0.05) is 11.6 Å². The fourth-order valence-electron chi connectivity index (χ4n) is 2.75. The van der Waals surface area contributed by atoms with Gasteiger partial charge >= 0.3 is 0 Å². The first kappa shape index (κ1) is 12.4. The number of ether oxygens (including phenoxy) is 1. The number of aliphatic hydroxyl groups excluding tert-OH is 1. The highest BCUT2D eigenvalue weighted by Crippen LogP contribution is 2.40. The van der Waals surface area contributed by atoms with E-state index < -0.39 is 6.10 Å². The number of benzene rings is 1. The molecule has 0 aromatic heterocycles. The molecule has 17 heavy (non-hydrogen) atoms. The van der Waals surface area contributed by atoms with Crippen LogP contribution < -0.4 is 4.74 Å². The number of hydrogen-bond acceptors (Lipinski definition) is 2. The molecule has 1 aromatic carbocycles. The third-order valence-electron chi connectivity index (χ3n) is 3.86. The third kappa shape index (κ3) is 2.44. The Labute approximate surface area is 101 Å². The maximum atomic E-state index is 13.8. The maximum absolute atomic E-state index is 13.8. The zero-order valence-electron chi connectivity index (χ0n) is 10.3. The van der Waals surface area contributed by atoms with E-state index in [1.54, 1.807) is 12.1 Å². The molecule has 0 amide bonds. The maximum Gasteiger partial charge on any atom is 0.132 e. The van der Waals surface area contributed by atoms with E-state index in [-0.39, 0.29) is 11.7 Å². The summed E-state index contributed by atoms with van der Waals surface area (Å²) in [5, 5.41) is 10.3. The lowest BCUT2D eigenvalue weighted by molar-refractivity contribution is 0.0866. The van der Waals surface area contributed by atoms with Crippen LogP contribution in [0.2, 0.25) is 0 Å². The van der Waals surface area contributed by atoms with Crippen LogP contribution in [0.15, 0.2) is 18.2 Å². The van der Waals surface area contributed by atoms with Crippen molar-refractivity contribution in [3.05, 3.63) is 29.6 Å². The van der Waals surface area contributed by atoms with E-state index in [1.807, 2.05) is 0 Å². The van der Waals surface area contributed by atoms with Gasteiger partial charge in [-0.25, -0.2) is 4.39 Å². The largest absolute Gasteiger partial charge is 0.497 e. The van der Waals surface area contributed by atoms with Gasteiger partial charge in [-0.3, -0.25) is 0 Å². The molecule has 2 nitrogen and oxygen atoms in total. The van der Waals surface area contributed by atoms with E-state index in [0.717, 1.165) is 19.3 Å². The predicted molar refractivity (Wildman–Crippen MR) is 64.4 cm³/mol. The molecule has 0 bridgehead atoms. The molecule has 0 radical (unpaired) electrons. The number of methoxy groups -OCH3 is 1. The summed E-state index contributed by atoms with van der Waals surface area (Å²) >= 11 is 0. The number of hydrogen-bond donors (Lipinski definition) is 1. The summed E-state index contributed by atoms with van der Waals surface area (Å²) in [4.78, 5) is 0. The molecule has 2 rings (SSSR count). The van der Waals surface area contributed by atoms with Crippen LogP contribution in [0.5, 0.6) is 5.75 Å². The minimum absolute atomic E-state index is 0.179. The molecule has 1 aromatic rings. The summed E-state index contributed by atoms with van der Waals surface area (Å²) in [7, 11) is 1.50. The van der Waals surface area contributed by atoms with Crippen molar-refractivity contribution < 1.29 is 14.2 Å². The van der Waals surface area contributed by atoms with E-state index in [9.17, 15) is 9.50 Å². The van der Waals surface area contributed by atoms with Gasteiger partial charge in [0.05, 0.1) is 13.2 Å². The van der Waals surface area contributed by atoms with Crippen LogP contribution in [0, 0.1) is 17.7 Å². The molecule has 0 spiro atoms. The fourth-order valence-corrected chi connectivity index (χ4v) is 2.75. The Kier molecular flexibility index (Phi) is 3.67. The minimum atomic E-state index is -0.696. The van der Waals surface area contributed by atoms with Crippen LogP contribution in [0.1, 0.15) is 37.9 Å². The van der Waals surface area contributed by atoms with E-state index in [2.05, 4.69) is 6.92 Å². The number of rotatable bonds is 3. The van der Waals surface area contributed by atoms with Gasteiger partial charge in [0.25, 0.3) is 0 Å². The summed E-state index contributed by atoms with van der Waals surface area (Å²) in [6, 6.07) is 4.66. The van der Waals surface area contributed by atoms with Crippen molar-refractivity contribution in [3.8, 4) is 5.75 Å². The Bertz CT molecular complexity index is 392. The Morgan fingerprint density at radius 2 is 2.18 bits per heavy atom. The van der Waals surface area contributed by atoms with Crippen LogP contribution in [0.4, 0.5) is 4.39 Å². The van der Waals surface area contributed by atoms with E-state index in [1.165, 1.54) is 13.2 Å². The van der Waals surface area contributed by atoms with Gasteiger partial charge in [0.1, 0.15) is 11.6 Å². The van der Waals surface area contributed by atoms with Crippen LogP contribution in [0.25, 0.3) is 0 Å². The van der Waals surface area contributed by atoms with E-state index >= 15 is 0 Å². The van der Waals surface area contributed by atoms with Crippen LogP contribution in [-0.2, 0) is 0 Å². The summed E-state index contributed by atoms with van der Waals surface area (Å²) in [6.07, 6.45) is 2.53. The highest BCUT2D eigenvalue weighted by molar-refractivity contribution is 5.30. The lowest BCUT2D eigenvalue weighted by Crippen LogP contribution is -2.16. The minimum Gasteiger partial charge on any atom is -0.497 e. The Balaban J connectivity index is 2.21. The average molecular weight is 238 g/mol.